The second-order valence-corrected chi connectivity index (χ2v) is 7.77. The van der Waals surface area contributed by atoms with Crippen molar-refractivity contribution in [1.82, 2.24) is 0 Å². The molecule has 0 N–H and O–H groups in total. The minimum absolute atomic E-state index is 0.341. The summed E-state index contributed by atoms with van der Waals surface area (Å²) in [6.07, 6.45) is 0. The summed E-state index contributed by atoms with van der Waals surface area (Å²) in [5.41, 5.74) is 3.33. The van der Waals surface area contributed by atoms with E-state index in [-0.39, 0.29) is 11.8 Å². The Balaban J connectivity index is 1.92. The Morgan fingerprint density at radius 2 is 1.59 bits per heavy atom. The number of para-hydroxylation sites is 1. The highest BCUT2D eigenvalue weighted by Crippen LogP contribution is 2.39. The van der Waals surface area contributed by atoms with Crippen molar-refractivity contribution in [3.8, 4) is 5.75 Å². The molecule has 1 aliphatic rings. The quantitative estimate of drug-likeness (QED) is 0.471. The van der Waals surface area contributed by atoms with Gasteiger partial charge in [0.25, 0.3) is 11.8 Å². The van der Waals surface area contributed by atoms with Crippen LogP contribution in [0.25, 0.3) is 5.57 Å². The summed E-state index contributed by atoms with van der Waals surface area (Å²) in [6, 6.07) is 22.0. The van der Waals surface area contributed by atoms with E-state index < -0.39 is 0 Å². The number of rotatable bonds is 6. The van der Waals surface area contributed by atoms with E-state index in [1.165, 1.54) is 4.90 Å². The van der Waals surface area contributed by atoms with Gasteiger partial charge in [-0.15, -0.1) is 0 Å². The fourth-order valence-corrected chi connectivity index (χ4v) is 4.09. The van der Waals surface area contributed by atoms with Crippen LogP contribution in [-0.4, -0.2) is 25.5 Å². The number of anilines is 2. The third-order valence-corrected chi connectivity index (χ3v) is 5.98. The molecule has 0 aliphatic carbocycles. The second-order valence-electron chi connectivity index (χ2n) is 7.36. The van der Waals surface area contributed by atoms with E-state index in [0.29, 0.717) is 45.4 Å². The van der Waals surface area contributed by atoms with Gasteiger partial charge in [0, 0.05) is 17.3 Å². The summed E-state index contributed by atoms with van der Waals surface area (Å²) in [5, 5.41) is 0.498. The van der Waals surface area contributed by atoms with Gasteiger partial charge in [-0.25, -0.2) is 4.90 Å². The highest BCUT2D eigenvalue weighted by Gasteiger charge is 2.43. The van der Waals surface area contributed by atoms with Crippen molar-refractivity contribution in [2.75, 3.05) is 23.5 Å². The van der Waals surface area contributed by atoms with Crippen LogP contribution < -0.4 is 14.5 Å². The standard InChI is InChI=1S/C26H23ClN2O3/c1-4-28(19-9-6-5-7-10-19)24-23(18-13-15-20(32-3)16-14-18)25(30)29(26(24)31)22-12-8-11-21(27)17(22)2/h5-16H,4H2,1-3H3. The van der Waals surface area contributed by atoms with E-state index in [1.807, 2.05) is 42.2 Å². The maximum Gasteiger partial charge on any atom is 0.282 e. The predicted octanol–water partition coefficient (Wildman–Crippen LogP) is 5.47. The molecule has 0 saturated heterocycles. The minimum Gasteiger partial charge on any atom is -0.497 e. The van der Waals surface area contributed by atoms with Crippen molar-refractivity contribution in [2.45, 2.75) is 13.8 Å². The van der Waals surface area contributed by atoms with Crippen molar-refractivity contribution in [1.29, 1.82) is 0 Å². The van der Waals surface area contributed by atoms with Crippen molar-refractivity contribution in [3.63, 3.8) is 0 Å². The van der Waals surface area contributed by atoms with Gasteiger partial charge in [-0.2, -0.15) is 0 Å². The maximum atomic E-state index is 13.8. The molecule has 0 unspecified atom stereocenters. The SMILES string of the molecule is CCN(C1=C(c2ccc(OC)cc2)C(=O)N(c2cccc(Cl)c2C)C1=O)c1ccccc1. The summed E-state index contributed by atoms with van der Waals surface area (Å²) < 4.78 is 5.26. The van der Waals surface area contributed by atoms with E-state index in [4.69, 9.17) is 16.3 Å². The molecule has 0 fully saturated rings. The molecule has 0 saturated carbocycles. The Morgan fingerprint density at radius 3 is 2.22 bits per heavy atom. The molecule has 1 aliphatic heterocycles. The molecule has 162 valence electrons. The summed E-state index contributed by atoms with van der Waals surface area (Å²) in [5.74, 6) is -0.0857. The van der Waals surface area contributed by atoms with Crippen LogP contribution in [0.4, 0.5) is 11.4 Å². The number of amides is 2. The Labute approximate surface area is 192 Å². The number of ether oxygens (including phenoxy) is 1. The number of imide groups is 1. The first kappa shape index (κ1) is 21.7. The van der Waals surface area contributed by atoms with E-state index >= 15 is 0 Å². The number of benzene rings is 3. The Hall–Kier alpha value is -3.57. The third-order valence-electron chi connectivity index (χ3n) is 5.57. The van der Waals surface area contributed by atoms with Crippen LogP contribution in [0.5, 0.6) is 5.75 Å². The van der Waals surface area contributed by atoms with Crippen LogP contribution in [0.3, 0.4) is 0 Å². The van der Waals surface area contributed by atoms with Crippen LogP contribution in [0.2, 0.25) is 5.02 Å². The Bertz CT molecular complexity index is 1200. The van der Waals surface area contributed by atoms with Crippen LogP contribution in [0, 0.1) is 6.92 Å². The van der Waals surface area contributed by atoms with E-state index in [2.05, 4.69) is 0 Å². The number of halogens is 1. The summed E-state index contributed by atoms with van der Waals surface area (Å²) >= 11 is 6.31. The van der Waals surface area contributed by atoms with Gasteiger partial charge in [-0.1, -0.05) is 48.0 Å². The first-order valence-corrected chi connectivity index (χ1v) is 10.7. The molecule has 4 rings (SSSR count). The van der Waals surface area contributed by atoms with Crippen LogP contribution in [0.1, 0.15) is 18.1 Å². The molecule has 0 spiro atoms. The highest BCUT2D eigenvalue weighted by atomic mass is 35.5. The average molecular weight is 447 g/mol. The lowest BCUT2D eigenvalue weighted by Crippen LogP contribution is -2.35. The van der Waals surface area contributed by atoms with Gasteiger partial charge in [0.15, 0.2) is 0 Å². The molecule has 5 nitrogen and oxygen atoms in total. The number of methoxy groups -OCH3 is 1. The summed E-state index contributed by atoms with van der Waals surface area (Å²) in [6.45, 7) is 4.27. The van der Waals surface area contributed by atoms with E-state index in [1.54, 1.807) is 56.5 Å². The minimum atomic E-state index is -0.380. The molecule has 3 aromatic carbocycles. The van der Waals surface area contributed by atoms with E-state index in [9.17, 15) is 9.59 Å². The predicted molar refractivity (Wildman–Crippen MR) is 128 cm³/mol. The smallest absolute Gasteiger partial charge is 0.282 e. The lowest BCUT2D eigenvalue weighted by molar-refractivity contribution is -0.120. The Kier molecular flexibility index (Phi) is 6.01. The second kappa shape index (κ2) is 8.89. The lowest BCUT2D eigenvalue weighted by atomic mass is 10.0. The number of likely N-dealkylation sites (N-methyl/N-ethyl adjacent to an activating group) is 1. The van der Waals surface area contributed by atoms with Gasteiger partial charge in [0.2, 0.25) is 0 Å². The lowest BCUT2D eigenvalue weighted by Gasteiger charge is -2.25. The average Bonchev–Trinajstić information content (AvgIpc) is 3.07. The topological polar surface area (TPSA) is 49.9 Å². The normalized spacial score (nSPS) is 13.7. The zero-order chi connectivity index (χ0) is 22.8. The molecule has 3 aromatic rings. The van der Waals surface area contributed by atoms with Crippen molar-refractivity contribution in [2.24, 2.45) is 0 Å². The maximum absolute atomic E-state index is 13.8. The van der Waals surface area contributed by atoms with Gasteiger partial charge in [0.05, 0.1) is 18.4 Å². The van der Waals surface area contributed by atoms with Gasteiger partial charge in [0.1, 0.15) is 11.4 Å². The first-order chi connectivity index (χ1) is 15.5. The third kappa shape index (κ3) is 3.65. The number of nitrogens with zero attached hydrogens (tertiary/aromatic N) is 2. The molecule has 0 bridgehead atoms. The molecule has 2 amide bonds. The molecule has 0 atom stereocenters. The molecule has 1 heterocycles. The van der Waals surface area contributed by atoms with Crippen LogP contribution in [-0.2, 0) is 9.59 Å². The van der Waals surface area contributed by atoms with Gasteiger partial charge in [-0.3, -0.25) is 9.59 Å². The molecule has 32 heavy (non-hydrogen) atoms. The summed E-state index contributed by atoms with van der Waals surface area (Å²) in [4.78, 5) is 30.6. The highest BCUT2D eigenvalue weighted by molar-refractivity contribution is 6.46. The van der Waals surface area contributed by atoms with Crippen LogP contribution >= 0.6 is 11.6 Å². The Morgan fingerprint density at radius 1 is 0.906 bits per heavy atom. The van der Waals surface area contributed by atoms with Crippen LogP contribution in [0.15, 0.2) is 78.5 Å². The molecular formula is C26H23ClN2O3. The first-order valence-electron chi connectivity index (χ1n) is 10.3. The molecule has 0 aromatic heterocycles. The molecular weight excluding hydrogens is 424 g/mol. The molecule has 6 heteroatoms. The van der Waals surface area contributed by atoms with Gasteiger partial charge >= 0.3 is 0 Å². The van der Waals surface area contributed by atoms with E-state index in [0.717, 1.165) is 5.69 Å². The van der Waals surface area contributed by atoms with Gasteiger partial charge < -0.3 is 9.64 Å². The van der Waals surface area contributed by atoms with Crippen molar-refractivity contribution < 1.29 is 14.3 Å². The number of carbonyl (C=O) groups is 2. The summed E-state index contributed by atoms with van der Waals surface area (Å²) in [7, 11) is 1.59. The zero-order valence-corrected chi connectivity index (χ0v) is 18.9. The monoisotopic (exact) mass is 446 g/mol. The zero-order valence-electron chi connectivity index (χ0n) is 18.1. The van der Waals surface area contributed by atoms with Crippen molar-refractivity contribution in [3.05, 3.63) is 94.6 Å². The van der Waals surface area contributed by atoms with Gasteiger partial charge in [-0.05, 0) is 61.4 Å². The largest absolute Gasteiger partial charge is 0.497 e. The van der Waals surface area contributed by atoms with Crippen molar-refractivity contribution >= 4 is 40.4 Å². The number of hydrogen-bond donors (Lipinski definition) is 0. The fourth-order valence-electron chi connectivity index (χ4n) is 3.92. The number of hydrogen-bond acceptors (Lipinski definition) is 4. The number of carbonyl (C=O) groups excluding carboxylic acids is 2. The fraction of sp³-hybridized carbons (Fsp3) is 0.154. The molecule has 0 radical (unpaired) electrons.